The molecule has 20 heavy (non-hydrogen) atoms. The predicted molar refractivity (Wildman–Crippen MR) is 65.2 cm³/mol. The zero-order valence-electron chi connectivity index (χ0n) is 11.3. The van der Waals surface area contributed by atoms with Crippen molar-refractivity contribution in [3.05, 3.63) is 12.7 Å². The van der Waals surface area contributed by atoms with Gasteiger partial charge in [0.25, 0.3) is 0 Å². The van der Waals surface area contributed by atoms with E-state index < -0.39 is 30.8 Å². The standard InChI is InChI=1S/C12H18F3NO4/c1-4-5-20-11(19)16(7-12(13,14)15)9(10(17)18)6-8(2)3/h4,8-9H,1,5-7H2,2-3H3,(H,17,18)/t9-/m0/s1. The Labute approximate surface area is 115 Å². The van der Waals surface area contributed by atoms with E-state index in [4.69, 9.17) is 5.11 Å². The molecule has 1 amide bonds. The van der Waals surface area contributed by atoms with Gasteiger partial charge < -0.3 is 9.84 Å². The molecule has 0 aliphatic rings. The molecule has 0 fully saturated rings. The number of aliphatic carboxylic acids is 1. The van der Waals surface area contributed by atoms with E-state index in [2.05, 4.69) is 11.3 Å². The lowest BCUT2D eigenvalue weighted by Gasteiger charge is -2.29. The second-order valence-corrected chi connectivity index (χ2v) is 4.59. The Morgan fingerprint density at radius 1 is 1.40 bits per heavy atom. The molecule has 0 saturated heterocycles. The Bertz CT molecular complexity index is 355. The first kappa shape index (κ1) is 18.3. The van der Waals surface area contributed by atoms with Crippen LogP contribution in [0.5, 0.6) is 0 Å². The van der Waals surface area contributed by atoms with Crippen LogP contribution in [0.15, 0.2) is 12.7 Å². The number of rotatable bonds is 7. The van der Waals surface area contributed by atoms with E-state index in [1.54, 1.807) is 13.8 Å². The third kappa shape index (κ3) is 7.01. The van der Waals surface area contributed by atoms with Gasteiger partial charge in [0.1, 0.15) is 19.2 Å². The number of amides is 1. The molecule has 0 aromatic heterocycles. The van der Waals surface area contributed by atoms with Crippen LogP contribution in [-0.4, -0.2) is 47.4 Å². The van der Waals surface area contributed by atoms with Crippen LogP contribution in [-0.2, 0) is 9.53 Å². The number of carbonyl (C=O) groups is 2. The molecular weight excluding hydrogens is 279 g/mol. The highest BCUT2D eigenvalue weighted by Crippen LogP contribution is 2.21. The quantitative estimate of drug-likeness (QED) is 0.734. The topological polar surface area (TPSA) is 66.8 Å². The first-order valence-corrected chi connectivity index (χ1v) is 5.92. The zero-order valence-corrected chi connectivity index (χ0v) is 11.3. The lowest BCUT2D eigenvalue weighted by molar-refractivity contribution is -0.159. The van der Waals surface area contributed by atoms with E-state index in [1.165, 1.54) is 6.08 Å². The van der Waals surface area contributed by atoms with Gasteiger partial charge in [0.05, 0.1) is 0 Å². The monoisotopic (exact) mass is 297 g/mol. The number of alkyl halides is 3. The molecule has 116 valence electrons. The lowest BCUT2D eigenvalue weighted by atomic mass is 10.0. The summed E-state index contributed by atoms with van der Waals surface area (Å²) in [7, 11) is 0. The van der Waals surface area contributed by atoms with Gasteiger partial charge in [-0.3, -0.25) is 4.90 Å². The smallest absolute Gasteiger partial charge is 0.411 e. The number of ether oxygens (including phenoxy) is 1. The Kier molecular flexibility index (Phi) is 7.09. The van der Waals surface area contributed by atoms with Gasteiger partial charge in [-0.25, -0.2) is 9.59 Å². The van der Waals surface area contributed by atoms with Gasteiger partial charge in [-0.1, -0.05) is 26.5 Å². The van der Waals surface area contributed by atoms with Gasteiger partial charge in [0.2, 0.25) is 0 Å². The second kappa shape index (κ2) is 7.76. The fourth-order valence-electron chi connectivity index (χ4n) is 1.52. The van der Waals surface area contributed by atoms with Crippen molar-refractivity contribution in [1.29, 1.82) is 0 Å². The van der Waals surface area contributed by atoms with Gasteiger partial charge in [0, 0.05) is 0 Å². The van der Waals surface area contributed by atoms with Crippen molar-refractivity contribution in [2.75, 3.05) is 13.2 Å². The molecule has 0 aliphatic heterocycles. The van der Waals surface area contributed by atoms with Gasteiger partial charge in [-0.05, 0) is 12.3 Å². The molecule has 0 saturated carbocycles. The van der Waals surface area contributed by atoms with Crippen LogP contribution in [0.4, 0.5) is 18.0 Å². The summed E-state index contributed by atoms with van der Waals surface area (Å²) in [5.41, 5.74) is 0. The first-order chi connectivity index (χ1) is 9.08. The molecule has 0 unspecified atom stereocenters. The number of carboxylic acids is 1. The summed E-state index contributed by atoms with van der Waals surface area (Å²) in [4.78, 5) is 22.9. The van der Waals surface area contributed by atoms with E-state index in [1.807, 2.05) is 0 Å². The Hall–Kier alpha value is -1.73. The first-order valence-electron chi connectivity index (χ1n) is 5.92. The Balaban J connectivity index is 5.17. The minimum absolute atomic E-state index is 0.103. The van der Waals surface area contributed by atoms with Crippen LogP contribution < -0.4 is 0 Å². The molecule has 0 heterocycles. The summed E-state index contributed by atoms with van der Waals surface area (Å²) in [5, 5.41) is 9.03. The predicted octanol–water partition coefficient (Wildman–Crippen LogP) is 2.67. The molecule has 8 heteroatoms. The van der Waals surface area contributed by atoms with Crippen molar-refractivity contribution in [2.45, 2.75) is 32.5 Å². The van der Waals surface area contributed by atoms with Crippen LogP contribution in [0.1, 0.15) is 20.3 Å². The fourth-order valence-corrected chi connectivity index (χ4v) is 1.52. The number of carbonyl (C=O) groups excluding carboxylic acids is 1. The Morgan fingerprint density at radius 2 is 1.95 bits per heavy atom. The number of halogens is 3. The summed E-state index contributed by atoms with van der Waals surface area (Å²) < 4.78 is 42.0. The number of hydrogen-bond acceptors (Lipinski definition) is 3. The molecule has 0 bridgehead atoms. The minimum Gasteiger partial charge on any atom is -0.480 e. The van der Waals surface area contributed by atoms with Crippen LogP contribution in [0, 0.1) is 5.92 Å². The van der Waals surface area contributed by atoms with Gasteiger partial charge in [-0.15, -0.1) is 0 Å². The SMILES string of the molecule is C=CCOC(=O)N(CC(F)(F)F)[C@@H](CC(C)C)C(=O)O. The van der Waals surface area contributed by atoms with Crippen LogP contribution in [0.3, 0.4) is 0 Å². The second-order valence-electron chi connectivity index (χ2n) is 4.59. The number of hydrogen-bond donors (Lipinski definition) is 1. The molecule has 0 radical (unpaired) electrons. The molecule has 1 N–H and O–H groups in total. The maximum atomic E-state index is 12.5. The maximum Gasteiger partial charge on any atom is 0.411 e. The normalized spacial score (nSPS) is 12.9. The van der Waals surface area contributed by atoms with Gasteiger partial charge >= 0.3 is 18.2 Å². The molecule has 0 aliphatic carbocycles. The summed E-state index contributed by atoms with van der Waals surface area (Å²) in [5.74, 6) is -1.70. The van der Waals surface area contributed by atoms with Crippen molar-refractivity contribution in [3.8, 4) is 0 Å². The van der Waals surface area contributed by atoms with Gasteiger partial charge in [-0.2, -0.15) is 13.2 Å². The van der Waals surface area contributed by atoms with E-state index in [0.29, 0.717) is 0 Å². The van der Waals surface area contributed by atoms with Crippen molar-refractivity contribution >= 4 is 12.1 Å². The van der Waals surface area contributed by atoms with Gasteiger partial charge in [0.15, 0.2) is 0 Å². The molecule has 5 nitrogen and oxygen atoms in total. The highest BCUT2D eigenvalue weighted by Gasteiger charge is 2.40. The van der Waals surface area contributed by atoms with Crippen molar-refractivity contribution in [2.24, 2.45) is 5.92 Å². The summed E-state index contributed by atoms with van der Waals surface area (Å²) in [6.07, 6.45) is -4.95. The van der Waals surface area contributed by atoms with Crippen molar-refractivity contribution in [1.82, 2.24) is 4.90 Å². The number of nitrogens with zero attached hydrogens (tertiary/aromatic N) is 1. The van der Waals surface area contributed by atoms with Crippen molar-refractivity contribution < 1.29 is 32.6 Å². The zero-order chi connectivity index (χ0) is 15.9. The van der Waals surface area contributed by atoms with E-state index in [9.17, 15) is 22.8 Å². The third-order valence-electron chi connectivity index (χ3n) is 2.26. The maximum absolute atomic E-state index is 12.5. The summed E-state index contributed by atoms with van der Waals surface area (Å²) in [6.45, 7) is 4.60. The molecular formula is C12H18F3NO4. The number of carboxylic acid groups (broad SMARTS) is 1. The molecule has 0 rings (SSSR count). The van der Waals surface area contributed by atoms with E-state index in [0.717, 1.165) is 0 Å². The minimum atomic E-state index is -4.71. The summed E-state index contributed by atoms with van der Waals surface area (Å²) in [6, 6.07) is -1.59. The average molecular weight is 297 g/mol. The average Bonchev–Trinajstić information content (AvgIpc) is 2.28. The Morgan fingerprint density at radius 3 is 2.30 bits per heavy atom. The van der Waals surface area contributed by atoms with E-state index in [-0.39, 0.29) is 23.8 Å². The van der Waals surface area contributed by atoms with Crippen LogP contribution >= 0.6 is 0 Å². The van der Waals surface area contributed by atoms with Crippen molar-refractivity contribution in [3.63, 3.8) is 0 Å². The molecule has 1 atom stereocenters. The molecule has 0 spiro atoms. The van der Waals surface area contributed by atoms with E-state index >= 15 is 0 Å². The third-order valence-corrected chi connectivity index (χ3v) is 2.26. The largest absolute Gasteiger partial charge is 0.480 e. The summed E-state index contributed by atoms with van der Waals surface area (Å²) >= 11 is 0. The van der Waals surface area contributed by atoms with Crippen LogP contribution in [0.2, 0.25) is 0 Å². The highest BCUT2D eigenvalue weighted by atomic mass is 19.4. The molecule has 0 aromatic rings. The highest BCUT2D eigenvalue weighted by molar-refractivity contribution is 5.80. The van der Waals surface area contributed by atoms with Crippen LogP contribution in [0.25, 0.3) is 0 Å². The lowest BCUT2D eigenvalue weighted by Crippen LogP contribution is -2.50. The molecule has 0 aromatic carbocycles. The fraction of sp³-hybridized carbons (Fsp3) is 0.667.